The summed E-state index contributed by atoms with van der Waals surface area (Å²) in [7, 11) is 0. The van der Waals surface area contributed by atoms with Crippen molar-refractivity contribution in [3.8, 4) is 0 Å². The van der Waals surface area contributed by atoms with Crippen LogP contribution in [0.15, 0.2) is 30.3 Å². The third-order valence-electron chi connectivity index (χ3n) is 3.75. The largest absolute Gasteiger partial charge is 0.508 e. The number of ether oxygens (including phenoxy) is 3. The van der Waals surface area contributed by atoms with Gasteiger partial charge in [-0.3, -0.25) is 4.79 Å². The van der Waals surface area contributed by atoms with Gasteiger partial charge in [0.05, 0.1) is 6.54 Å². The normalized spacial score (nSPS) is 20.0. The fourth-order valence-corrected chi connectivity index (χ4v) is 2.50. The molecule has 1 aromatic carbocycles. The summed E-state index contributed by atoms with van der Waals surface area (Å²) >= 11 is 0. The zero-order valence-electron chi connectivity index (χ0n) is 15.8. The molecule has 0 spiro atoms. The van der Waals surface area contributed by atoms with E-state index in [9.17, 15) is 14.4 Å². The molecular formula is C19H26N2O6. The van der Waals surface area contributed by atoms with Gasteiger partial charge in [-0.1, -0.05) is 30.3 Å². The van der Waals surface area contributed by atoms with Gasteiger partial charge in [-0.2, -0.15) is 0 Å². The molecule has 0 saturated carbocycles. The number of amides is 2. The van der Waals surface area contributed by atoms with Crippen molar-refractivity contribution < 1.29 is 28.6 Å². The molecule has 2 rings (SSSR count). The number of alkyl carbamates (subject to hydrolysis) is 1. The number of carbonyl (C=O) groups excluding carboxylic acids is 3. The van der Waals surface area contributed by atoms with Gasteiger partial charge in [-0.15, -0.1) is 0 Å². The van der Waals surface area contributed by atoms with E-state index in [4.69, 9.17) is 14.2 Å². The Kier molecular flexibility index (Phi) is 7.04. The van der Waals surface area contributed by atoms with Crippen molar-refractivity contribution >= 4 is 18.2 Å². The van der Waals surface area contributed by atoms with E-state index in [-0.39, 0.29) is 19.1 Å². The summed E-state index contributed by atoms with van der Waals surface area (Å²) in [6.45, 7) is 5.49. The van der Waals surface area contributed by atoms with E-state index in [1.165, 1.54) is 0 Å². The van der Waals surface area contributed by atoms with Crippen LogP contribution in [0.3, 0.4) is 0 Å². The lowest BCUT2D eigenvalue weighted by Crippen LogP contribution is -2.47. The Morgan fingerprint density at radius 1 is 1.19 bits per heavy atom. The molecule has 1 aliphatic heterocycles. The van der Waals surface area contributed by atoms with Crippen molar-refractivity contribution in [2.24, 2.45) is 0 Å². The molecular weight excluding hydrogens is 352 g/mol. The summed E-state index contributed by atoms with van der Waals surface area (Å²) in [4.78, 5) is 35.8. The van der Waals surface area contributed by atoms with E-state index in [2.05, 4.69) is 10.6 Å². The fraction of sp³-hybridized carbons (Fsp3) is 0.526. The molecule has 8 nitrogen and oxygen atoms in total. The van der Waals surface area contributed by atoms with Crippen LogP contribution in [-0.4, -0.2) is 42.4 Å². The number of rotatable bonds is 4. The van der Waals surface area contributed by atoms with Crippen LogP contribution >= 0.6 is 0 Å². The second kappa shape index (κ2) is 9.25. The van der Waals surface area contributed by atoms with Crippen LogP contribution in [0.5, 0.6) is 0 Å². The van der Waals surface area contributed by atoms with E-state index in [0.29, 0.717) is 12.8 Å². The third kappa shape index (κ3) is 7.55. The number of nitrogens with one attached hydrogen (secondary N) is 2. The Morgan fingerprint density at radius 3 is 2.56 bits per heavy atom. The molecule has 0 bridgehead atoms. The van der Waals surface area contributed by atoms with Gasteiger partial charge in [0.1, 0.15) is 24.4 Å². The maximum Gasteiger partial charge on any atom is 0.508 e. The Hall–Kier alpha value is -2.77. The molecule has 2 atom stereocenters. The van der Waals surface area contributed by atoms with E-state index < -0.39 is 30.0 Å². The quantitative estimate of drug-likeness (QED) is 0.781. The van der Waals surface area contributed by atoms with Gasteiger partial charge in [0.15, 0.2) is 0 Å². The molecule has 1 saturated heterocycles. The van der Waals surface area contributed by atoms with Crippen LogP contribution in [-0.2, 0) is 25.6 Å². The highest BCUT2D eigenvalue weighted by Crippen LogP contribution is 2.13. The van der Waals surface area contributed by atoms with E-state index in [0.717, 1.165) is 5.56 Å². The highest BCUT2D eigenvalue weighted by atomic mass is 16.7. The summed E-state index contributed by atoms with van der Waals surface area (Å²) in [6.07, 6.45) is -1.26. The molecule has 0 aromatic heterocycles. The first-order valence-corrected chi connectivity index (χ1v) is 8.87. The first-order valence-electron chi connectivity index (χ1n) is 8.87. The fourth-order valence-electron chi connectivity index (χ4n) is 2.50. The predicted molar refractivity (Wildman–Crippen MR) is 96.9 cm³/mol. The minimum Gasteiger partial charge on any atom is -0.444 e. The van der Waals surface area contributed by atoms with Crippen LogP contribution in [0.25, 0.3) is 0 Å². The maximum absolute atomic E-state index is 12.1. The summed E-state index contributed by atoms with van der Waals surface area (Å²) in [6, 6.07) is 8.51. The molecule has 1 fully saturated rings. The average molecular weight is 378 g/mol. The number of benzene rings is 1. The molecule has 8 heteroatoms. The van der Waals surface area contributed by atoms with Gasteiger partial charge in [0.25, 0.3) is 0 Å². The average Bonchev–Trinajstić information content (AvgIpc) is 2.75. The number of carbonyl (C=O) groups is 3. The lowest BCUT2D eigenvalue weighted by molar-refractivity contribution is -0.123. The van der Waals surface area contributed by atoms with Crippen LogP contribution in [0, 0.1) is 0 Å². The van der Waals surface area contributed by atoms with Crippen molar-refractivity contribution in [3.63, 3.8) is 0 Å². The standard InChI is InChI=1S/C19H26N2O6/c1-19(2,3)27-17(23)21-15-10-9-14(11-20-16(15)22)26-18(24)25-12-13-7-5-4-6-8-13/h4-8,14-15H,9-12H2,1-3H3,(H,20,22)(H,21,23)/t14-,15+/m1/s1. The topological polar surface area (TPSA) is 103 Å². The van der Waals surface area contributed by atoms with Gasteiger partial charge >= 0.3 is 12.2 Å². The third-order valence-corrected chi connectivity index (χ3v) is 3.75. The lowest BCUT2D eigenvalue weighted by atomic mass is 10.1. The van der Waals surface area contributed by atoms with E-state index in [1.54, 1.807) is 20.8 Å². The molecule has 2 N–H and O–H groups in total. The molecule has 1 aliphatic rings. The molecule has 2 amide bonds. The smallest absolute Gasteiger partial charge is 0.444 e. The number of hydrogen-bond acceptors (Lipinski definition) is 6. The van der Waals surface area contributed by atoms with Crippen molar-refractivity contribution in [1.82, 2.24) is 10.6 Å². The molecule has 148 valence electrons. The van der Waals surface area contributed by atoms with Crippen LogP contribution < -0.4 is 10.6 Å². The van der Waals surface area contributed by atoms with Gasteiger partial charge in [0.2, 0.25) is 5.91 Å². The molecule has 1 aromatic rings. The van der Waals surface area contributed by atoms with Crippen LogP contribution in [0.2, 0.25) is 0 Å². The number of hydrogen-bond donors (Lipinski definition) is 2. The zero-order chi connectivity index (χ0) is 19.9. The summed E-state index contributed by atoms with van der Waals surface area (Å²) in [5, 5.41) is 5.19. The second-order valence-electron chi connectivity index (χ2n) is 7.29. The van der Waals surface area contributed by atoms with E-state index >= 15 is 0 Å². The maximum atomic E-state index is 12.1. The minimum atomic E-state index is -0.795. The monoisotopic (exact) mass is 378 g/mol. The second-order valence-corrected chi connectivity index (χ2v) is 7.29. The highest BCUT2D eigenvalue weighted by molar-refractivity contribution is 5.85. The SMILES string of the molecule is CC(C)(C)OC(=O)N[C@H]1CC[C@@H](OC(=O)OCc2ccccc2)CNC1=O. The first-order chi connectivity index (χ1) is 12.7. The van der Waals surface area contributed by atoms with Crippen molar-refractivity contribution in [1.29, 1.82) is 0 Å². The van der Waals surface area contributed by atoms with Crippen molar-refractivity contribution in [2.45, 2.75) is 58.0 Å². The van der Waals surface area contributed by atoms with Crippen molar-refractivity contribution in [3.05, 3.63) is 35.9 Å². The van der Waals surface area contributed by atoms with E-state index in [1.807, 2.05) is 30.3 Å². The van der Waals surface area contributed by atoms with Crippen molar-refractivity contribution in [2.75, 3.05) is 6.54 Å². The molecule has 0 unspecified atom stereocenters. The predicted octanol–water partition coefficient (Wildman–Crippen LogP) is 2.51. The highest BCUT2D eigenvalue weighted by Gasteiger charge is 2.29. The molecule has 27 heavy (non-hydrogen) atoms. The summed E-state index contributed by atoms with van der Waals surface area (Å²) in [5.41, 5.74) is 0.199. The first kappa shape index (κ1) is 20.5. The Bertz CT molecular complexity index is 656. The lowest BCUT2D eigenvalue weighted by Gasteiger charge is -2.22. The van der Waals surface area contributed by atoms with Gasteiger partial charge in [0, 0.05) is 0 Å². The zero-order valence-corrected chi connectivity index (χ0v) is 15.8. The molecule has 0 radical (unpaired) electrons. The Balaban J connectivity index is 1.78. The van der Waals surface area contributed by atoms with Gasteiger partial charge in [-0.25, -0.2) is 9.59 Å². The van der Waals surface area contributed by atoms with Gasteiger partial charge < -0.3 is 24.8 Å². The summed E-state index contributed by atoms with van der Waals surface area (Å²) in [5.74, 6) is -0.343. The molecule has 1 heterocycles. The summed E-state index contributed by atoms with van der Waals surface area (Å²) < 4.78 is 15.5. The van der Waals surface area contributed by atoms with Crippen LogP contribution in [0.4, 0.5) is 9.59 Å². The Morgan fingerprint density at radius 2 is 1.89 bits per heavy atom. The minimum absolute atomic E-state index is 0.113. The molecule has 0 aliphatic carbocycles. The van der Waals surface area contributed by atoms with Gasteiger partial charge in [-0.05, 0) is 39.2 Å². The Labute approximate surface area is 158 Å². The van der Waals surface area contributed by atoms with Crippen LogP contribution in [0.1, 0.15) is 39.2 Å².